The van der Waals surface area contributed by atoms with Crippen molar-refractivity contribution in [1.29, 1.82) is 0 Å². The van der Waals surface area contributed by atoms with E-state index >= 15 is 0 Å². The summed E-state index contributed by atoms with van der Waals surface area (Å²) in [5.41, 5.74) is 1.14. The van der Waals surface area contributed by atoms with Gasteiger partial charge in [0.2, 0.25) is 0 Å². The van der Waals surface area contributed by atoms with Crippen molar-refractivity contribution in [3.05, 3.63) is 35.9 Å². The first kappa shape index (κ1) is 14.9. The van der Waals surface area contributed by atoms with Gasteiger partial charge in [-0.2, -0.15) is 0 Å². The van der Waals surface area contributed by atoms with Crippen molar-refractivity contribution in [2.75, 3.05) is 13.4 Å². The van der Waals surface area contributed by atoms with Crippen LogP contribution in [-0.2, 0) is 20.9 Å². The molecule has 0 bridgehead atoms. The summed E-state index contributed by atoms with van der Waals surface area (Å²) in [4.78, 5) is 10.5. The maximum atomic E-state index is 10.5. The predicted molar refractivity (Wildman–Crippen MR) is 71.1 cm³/mol. The Morgan fingerprint density at radius 1 is 1.17 bits per heavy atom. The second kappa shape index (κ2) is 8.84. The second-order valence-electron chi connectivity index (χ2n) is 4.78. The molecule has 0 N–H and O–H groups in total. The lowest BCUT2D eigenvalue weighted by atomic mass is 9.99. The molecule has 1 aromatic rings. The molecule has 0 saturated heterocycles. The summed E-state index contributed by atoms with van der Waals surface area (Å²) in [6, 6.07) is 10.0. The highest BCUT2D eigenvalue weighted by Crippen LogP contribution is 2.10. The fourth-order valence-electron chi connectivity index (χ4n) is 1.80. The summed E-state index contributed by atoms with van der Waals surface area (Å²) < 4.78 is 10.8. The Morgan fingerprint density at radius 3 is 2.56 bits per heavy atom. The van der Waals surface area contributed by atoms with Gasteiger partial charge in [0, 0.05) is 5.92 Å². The van der Waals surface area contributed by atoms with Crippen molar-refractivity contribution < 1.29 is 14.3 Å². The third-order valence-electron chi connectivity index (χ3n) is 2.69. The number of benzene rings is 1. The second-order valence-corrected chi connectivity index (χ2v) is 4.78. The maximum absolute atomic E-state index is 10.5. The quantitative estimate of drug-likeness (QED) is 0.384. The zero-order valence-electron chi connectivity index (χ0n) is 11.2. The van der Waals surface area contributed by atoms with Gasteiger partial charge in [-0.15, -0.1) is 0 Å². The lowest BCUT2D eigenvalue weighted by molar-refractivity contribution is -0.111. The Balaban J connectivity index is 2.03. The molecule has 0 saturated carbocycles. The molecule has 3 nitrogen and oxygen atoms in total. The lowest BCUT2D eigenvalue weighted by Gasteiger charge is -2.13. The Bertz CT molecular complexity index is 324. The van der Waals surface area contributed by atoms with E-state index in [4.69, 9.17) is 9.47 Å². The van der Waals surface area contributed by atoms with Crippen LogP contribution in [0.25, 0.3) is 0 Å². The number of hydrogen-bond acceptors (Lipinski definition) is 3. The van der Waals surface area contributed by atoms with Crippen molar-refractivity contribution in [3.8, 4) is 0 Å². The third-order valence-corrected chi connectivity index (χ3v) is 2.69. The van der Waals surface area contributed by atoms with Crippen molar-refractivity contribution in [3.63, 3.8) is 0 Å². The van der Waals surface area contributed by atoms with Gasteiger partial charge in [-0.25, -0.2) is 0 Å². The van der Waals surface area contributed by atoms with E-state index in [9.17, 15) is 4.79 Å². The maximum Gasteiger partial charge on any atom is 0.147 e. The van der Waals surface area contributed by atoms with Crippen LogP contribution in [0.15, 0.2) is 30.3 Å². The highest BCUT2D eigenvalue weighted by atomic mass is 16.7. The molecular formula is C15H22O3. The zero-order valence-corrected chi connectivity index (χ0v) is 11.2. The molecule has 1 rings (SSSR count). The molecule has 0 heterocycles. The van der Waals surface area contributed by atoms with Gasteiger partial charge in [-0.05, 0) is 17.9 Å². The fourth-order valence-corrected chi connectivity index (χ4v) is 1.80. The van der Waals surface area contributed by atoms with Gasteiger partial charge >= 0.3 is 0 Å². The van der Waals surface area contributed by atoms with Gasteiger partial charge in [0.05, 0.1) is 13.2 Å². The topological polar surface area (TPSA) is 35.5 Å². The first-order valence-electron chi connectivity index (χ1n) is 6.37. The van der Waals surface area contributed by atoms with Crippen LogP contribution in [-0.4, -0.2) is 19.7 Å². The number of ether oxygens (including phenoxy) is 2. The molecule has 18 heavy (non-hydrogen) atoms. The van der Waals surface area contributed by atoms with Gasteiger partial charge < -0.3 is 14.3 Å². The van der Waals surface area contributed by atoms with E-state index in [2.05, 4.69) is 6.92 Å². The van der Waals surface area contributed by atoms with Gasteiger partial charge in [0.25, 0.3) is 0 Å². The summed E-state index contributed by atoms with van der Waals surface area (Å²) in [5.74, 6) is 0.486. The summed E-state index contributed by atoms with van der Waals surface area (Å²) in [5, 5.41) is 0. The van der Waals surface area contributed by atoms with Crippen LogP contribution in [0.4, 0.5) is 0 Å². The van der Waals surface area contributed by atoms with E-state index in [1.807, 2.05) is 37.3 Å². The van der Waals surface area contributed by atoms with Crippen molar-refractivity contribution in [1.82, 2.24) is 0 Å². The first-order chi connectivity index (χ1) is 8.72. The Hall–Kier alpha value is -1.19. The minimum Gasteiger partial charge on any atom is -0.355 e. The molecule has 2 atom stereocenters. The van der Waals surface area contributed by atoms with Gasteiger partial charge in [-0.3, -0.25) is 0 Å². The smallest absolute Gasteiger partial charge is 0.147 e. The molecule has 0 aliphatic heterocycles. The molecule has 0 aromatic heterocycles. The average molecular weight is 250 g/mol. The molecule has 3 heteroatoms. The minimum absolute atomic E-state index is 0.105. The number of carbonyl (C=O) groups is 1. The number of carbonyl (C=O) groups excluding carboxylic acids is 1. The largest absolute Gasteiger partial charge is 0.355 e. The van der Waals surface area contributed by atoms with E-state index in [1.165, 1.54) is 0 Å². The Morgan fingerprint density at radius 2 is 1.89 bits per heavy atom. The van der Waals surface area contributed by atoms with E-state index in [-0.39, 0.29) is 5.92 Å². The summed E-state index contributed by atoms with van der Waals surface area (Å²) in [6.45, 7) is 5.51. The number of aldehydes is 1. The zero-order chi connectivity index (χ0) is 13.2. The molecule has 0 aliphatic rings. The molecular weight excluding hydrogens is 228 g/mol. The standard InChI is InChI=1S/C15H22O3/c1-13(9-16)8-14(2)10-17-12-18-11-15-6-4-3-5-7-15/h3-7,9,13-14H,8,10-12H2,1-2H3/t13-,14+/m0/s1. The van der Waals surface area contributed by atoms with Crippen LogP contribution < -0.4 is 0 Å². The highest BCUT2D eigenvalue weighted by Gasteiger charge is 2.07. The van der Waals surface area contributed by atoms with Crippen LogP contribution in [0.2, 0.25) is 0 Å². The Kier molecular flexibility index (Phi) is 7.30. The first-order valence-corrected chi connectivity index (χ1v) is 6.37. The van der Waals surface area contributed by atoms with Crippen molar-refractivity contribution >= 4 is 6.29 Å². The van der Waals surface area contributed by atoms with E-state index in [0.29, 0.717) is 25.9 Å². The van der Waals surface area contributed by atoms with E-state index in [0.717, 1.165) is 18.3 Å². The average Bonchev–Trinajstić information content (AvgIpc) is 2.39. The van der Waals surface area contributed by atoms with Crippen molar-refractivity contribution in [2.45, 2.75) is 26.9 Å². The predicted octanol–water partition coefficient (Wildman–Crippen LogP) is 3.04. The van der Waals surface area contributed by atoms with E-state index in [1.54, 1.807) is 0 Å². The number of rotatable bonds is 9. The fraction of sp³-hybridized carbons (Fsp3) is 0.533. The van der Waals surface area contributed by atoms with E-state index < -0.39 is 0 Å². The third kappa shape index (κ3) is 6.52. The van der Waals surface area contributed by atoms with Gasteiger partial charge in [-0.1, -0.05) is 44.2 Å². The molecule has 0 amide bonds. The molecule has 100 valence electrons. The molecule has 0 aliphatic carbocycles. The Labute approximate surface area is 109 Å². The lowest BCUT2D eigenvalue weighted by Crippen LogP contribution is -2.12. The molecule has 0 spiro atoms. The molecule has 0 radical (unpaired) electrons. The van der Waals surface area contributed by atoms with Gasteiger partial charge in [0.1, 0.15) is 13.1 Å². The summed E-state index contributed by atoms with van der Waals surface area (Å²) in [7, 11) is 0. The monoisotopic (exact) mass is 250 g/mol. The molecule has 0 unspecified atom stereocenters. The highest BCUT2D eigenvalue weighted by molar-refractivity contribution is 5.52. The normalized spacial score (nSPS) is 14.1. The van der Waals surface area contributed by atoms with Crippen LogP contribution in [0.1, 0.15) is 25.8 Å². The van der Waals surface area contributed by atoms with Crippen LogP contribution in [0.5, 0.6) is 0 Å². The molecule has 0 fully saturated rings. The summed E-state index contributed by atoms with van der Waals surface area (Å²) in [6.07, 6.45) is 1.85. The van der Waals surface area contributed by atoms with Crippen molar-refractivity contribution in [2.24, 2.45) is 11.8 Å². The number of hydrogen-bond donors (Lipinski definition) is 0. The van der Waals surface area contributed by atoms with Gasteiger partial charge in [0.15, 0.2) is 0 Å². The molecule has 1 aromatic carbocycles. The SMILES string of the molecule is C[C@@H](COCOCc1ccccc1)C[C@H](C)C=O. The van der Waals surface area contributed by atoms with Crippen LogP contribution >= 0.6 is 0 Å². The summed E-state index contributed by atoms with van der Waals surface area (Å²) >= 11 is 0. The van der Waals surface area contributed by atoms with Crippen LogP contribution in [0, 0.1) is 11.8 Å². The van der Waals surface area contributed by atoms with Crippen LogP contribution in [0.3, 0.4) is 0 Å². The minimum atomic E-state index is 0.105.